The monoisotopic (exact) mass is 250 g/mol. The Labute approximate surface area is 105 Å². The van der Waals surface area contributed by atoms with Crippen molar-refractivity contribution in [2.45, 2.75) is 5.38 Å². The Morgan fingerprint density at radius 3 is 2.41 bits per heavy atom. The molecule has 0 bridgehead atoms. The van der Waals surface area contributed by atoms with Gasteiger partial charge in [-0.25, -0.2) is 4.39 Å². The van der Waals surface area contributed by atoms with Gasteiger partial charge in [0.25, 0.3) is 0 Å². The maximum atomic E-state index is 13.3. The van der Waals surface area contributed by atoms with Crippen LogP contribution in [0.3, 0.4) is 0 Å². The van der Waals surface area contributed by atoms with Gasteiger partial charge in [-0.3, -0.25) is 0 Å². The first kappa shape index (κ1) is 11.9. The van der Waals surface area contributed by atoms with Crippen LogP contribution in [0.1, 0.15) is 16.5 Å². The van der Waals surface area contributed by atoms with Crippen LogP contribution in [0.4, 0.5) is 4.39 Å². The lowest BCUT2D eigenvalue weighted by molar-refractivity contribution is 0.386. The Morgan fingerprint density at radius 2 is 1.76 bits per heavy atom. The van der Waals surface area contributed by atoms with Crippen LogP contribution in [-0.4, -0.2) is 7.11 Å². The van der Waals surface area contributed by atoms with E-state index < -0.39 is 0 Å². The summed E-state index contributed by atoms with van der Waals surface area (Å²) < 4.78 is 18.2. The van der Waals surface area contributed by atoms with E-state index in [-0.39, 0.29) is 16.9 Å². The lowest BCUT2D eigenvalue weighted by atomic mass is 10.0. The number of alkyl halides is 1. The van der Waals surface area contributed by atoms with Crippen LogP contribution in [0.5, 0.6) is 5.75 Å². The molecule has 2 aromatic rings. The molecule has 1 nitrogen and oxygen atoms in total. The quantitative estimate of drug-likeness (QED) is 0.743. The molecule has 0 aromatic heterocycles. The molecule has 88 valence electrons. The molecule has 0 heterocycles. The zero-order valence-corrected chi connectivity index (χ0v) is 10.1. The molecule has 17 heavy (non-hydrogen) atoms. The molecular weight excluding hydrogens is 239 g/mol. The van der Waals surface area contributed by atoms with Crippen molar-refractivity contribution < 1.29 is 9.13 Å². The highest BCUT2D eigenvalue weighted by molar-refractivity contribution is 6.22. The summed E-state index contributed by atoms with van der Waals surface area (Å²) in [4.78, 5) is 0. The highest BCUT2D eigenvalue weighted by Crippen LogP contribution is 2.31. The van der Waals surface area contributed by atoms with E-state index in [1.807, 2.05) is 30.3 Å². The van der Waals surface area contributed by atoms with E-state index in [1.165, 1.54) is 13.2 Å². The standard InChI is InChI=1S/C14H12ClFO/c1-17-13-9-11(7-8-12(13)16)14(15)10-5-3-2-4-6-10/h2-9,14H,1H3. The normalized spacial score (nSPS) is 12.2. The van der Waals surface area contributed by atoms with Crippen molar-refractivity contribution in [3.63, 3.8) is 0 Å². The van der Waals surface area contributed by atoms with Gasteiger partial charge in [-0.2, -0.15) is 0 Å². The van der Waals surface area contributed by atoms with E-state index in [2.05, 4.69) is 0 Å². The van der Waals surface area contributed by atoms with E-state index in [4.69, 9.17) is 16.3 Å². The van der Waals surface area contributed by atoms with Crippen molar-refractivity contribution in [3.8, 4) is 5.75 Å². The van der Waals surface area contributed by atoms with Gasteiger partial charge >= 0.3 is 0 Å². The van der Waals surface area contributed by atoms with Gasteiger partial charge in [0.05, 0.1) is 12.5 Å². The number of ether oxygens (including phenoxy) is 1. The van der Waals surface area contributed by atoms with E-state index in [0.717, 1.165) is 11.1 Å². The zero-order chi connectivity index (χ0) is 12.3. The molecule has 3 heteroatoms. The first-order valence-electron chi connectivity index (χ1n) is 5.25. The third kappa shape index (κ3) is 2.59. The predicted octanol–water partition coefficient (Wildman–Crippen LogP) is 4.16. The van der Waals surface area contributed by atoms with Gasteiger partial charge in [-0.05, 0) is 23.3 Å². The first-order chi connectivity index (χ1) is 8.22. The van der Waals surface area contributed by atoms with E-state index in [0.29, 0.717) is 0 Å². The minimum Gasteiger partial charge on any atom is -0.494 e. The van der Waals surface area contributed by atoms with Gasteiger partial charge in [0.1, 0.15) is 0 Å². The minimum atomic E-state index is -0.381. The van der Waals surface area contributed by atoms with Crippen LogP contribution in [0.25, 0.3) is 0 Å². The van der Waals surface area contributed by atoms with Gasteiger partial charge in [0.15, 0.2) is 11.6 Å². The van der Waals surface area contributed by atoms with Gasteiger partial charge in [-0.15, -0.1) is 11.6 Å². The average Bonchev–Trinajstić information content (AvgIpc) is 2.39. The highest BCUT2D eigenvalue weighted by Gasteiger charge is 2.12. The average molecular weight is 251 g/mol. The van der Waals surface area contributed by atoms with Gasteiger partial charge < -0.3 is 4.74 Å². The lowest BCUT2D eigenvalue weighted by Crippen LogP contribution is -1.95. The van der Waals surface area contributed by atoms with Crippen molar-refractivity contribution in [1.29, 1.82) is 0 Å². The summed E-state index contributed by atoms with van der Waals surface area (Å²) in [6, 6.07) is 14.3. The summed E-state index contributed by atoms with van der Waals surface area (Å²) in [5, 5.41) is -0.300. The number of hydrogen-bond donors (Lipinski definition) is 0. The van der Waals surface area contributed by atoms with Crippen LogP contribution in [0.15, 0.2) is 48.5 Å². The van der Waals surface area contributed by atoms with Crippen molar-refractivity contribution in [2.24, 2.45) is 0 Å². The number of rotatable bonds is 3. The van der Waals surface area contributed by atoms with Crippen molar-refractivity contribution >= 4 is 11.6 Å². The summed E-state index contributed by atoms with van der Waals surface area (Å²) >= 11 is 6.33. The first-order valence-corrected chi connectivity index (χ1v) is 5.68. The molecule has 0 saturated heterocycles. The van der Waals surface area contributed by atoms with Gasteiger partial charge in [-0.1, -0.05) is 36.4 Å². The van der Waals surface area contributed by atoms with Crippen LogP contribution < -0.4 is 4.74 Å². The van der Waals surface area contributed by atoms with Gasteiger partial charge in [0, 0.05) is 0 Å². The topological polar surface area (TPSA) is 9.23 Å². The molecule has 0 aliphatic heterocycles. The molecule has 0 fully saturated rings. The fourth-order valence-electron chi connectivity index (χ4n) is 1.65. The van der Waals surface area contributed by atoms with Crippen LogP contribution in [-0.2, 0) is 0 Å². The molecule has 2 rings (SSSR count). The highest BCUT2D eigenvalue weighted by atomic mass is 35.5. The number of benzene rings is 2. The molecule has 0 aliphatic carbocycles. The fraction of sp³-hybridized carbons (Fsp3) is 0.143. The molecular formula is C14H12ClFO. The summed E-state index contributed by atoms with van der Waals surface area (Å²) in [7, 11) is 1.44. The summed E-state index contributed by atoms with van der Waals surface area (Å²) in [5.74, 6) is -0.169. The van der Waals surface area contributed by atoms with Crippen LogP contribution in [0, 0.1) is 5.82 Å². The molecule has 1 atom stereocenters. The number of halogens is 2. The second kappa shape index (κ2) is 5.19. The van der Waals surface area contributed by atoms with Crippen LogP contribution >= 0.6 is 11.6 Å². The molecule has 0 aliphatic rings. The Morgan fingerprint density at radius 1 is 1.06 bits per heavy atom. The van der Waals surface area contributed by atoms with Gasteiger partial charge in [0.2, 0.25) is 0 Å². The van der Waals surface area contributed by atoms with Crippen molar-refractivity contribution in [3.05, 3.63) is 65.5 Å². The minimum absolute atomic E-state index is 0.212. The predicted molar refractivity (Wildman–Crippen MR) is 67.1 cm³/mol. The Kier molecular flexibility index (Phi) is 3.64. The maximum Gasteiger partial charge on any atom is 0.165 e. The second-order valence-electron chi connectivity index (χ2n) is 3.67. The summed E-state index contributed by atoms with van der Waals surface area (Å²) in [6.45, 7) is 0. The molecule has 2 aromatic carbocycles. The zero-order valence-electron chi connectivity index (χ0n) is 9.36. The maximum absolute atomic E-state index is 13.3. The number of hydrogen-bond acceptors (Lipinski definition) is 1. The summed E-state index contributed by atoms with van der Waals surface area (Å²) in [5.41, 5.74) is 1.79. The summed E-state index contributed by atoms with van der Waals surface area (Å²) in [6.07, 6.45) is 0. The molecule has 0 amide bonds. The van der Waals surface area contributed by atoms with E-state index in [1.54, 1.807) is 12.1 Å². The molecule has 0 spiro atoms. The van der Waals surface area contributed by atoms with Crippen molar-refractivity contribution in [1.82, 2.24) is 0 Å². The SMILES string of the molecule is COc1cc(C(Cl)c2ccccc2)ccc1F. The fourth-order valence-corrected chi connectivity index (χ4v) is 1.93. The largest absolute Gasteiger partial charge is 0.494 e. The molecule has 0 N–H and O–H groups in total. The molecule has 0 radical (unpaired) electrons. The second-order valence-corrected chi connectivity index (χ2v) is 4.10. The molecule has 1 unspecified atom stereocenters. The van der Waals surface area contributed by atoms with Crippen LogP contribution in [0.2, 0.25) is 0 Å². The van der Waals surface area contributed by atoms with E-state index in [9.17, 15) is 4.39 Å². The number of methoxy groups -OCH3 is 1. The third-order valence-electron chi connectivity index (χ3n) is 2.56. The smallest absolute Gasteiger partial charge is 0.165 e. The molecule has 0 saturated carbocycles. The Bertz CT molecular complexity index is 499. The Balaban J connectivity index is 2.34. The Hall–Kier alpha value is -1.54. The van der Waals surface area contributed by atoms with Crippen molar-refractivity contribution in [2.75, 3.05) is 7.11 Å². The third-order valence-corrected chi connectivity index (χ3v) is 3.06. The van der Waals surface area contributed by atoms with E-state index >= 15 is 0 Å². The lowest BCUT2D eigenvalue weighted by Gasteiger charge is -2.11.